The summed E-state index contributed by atoms with van der Waals surface area (Å²) in [4.78, 5) is 11.2. The molecule has 33 heavy (non-hydrogen) atoms. The van der Waals surface area contributed by atoms with E-state index in [-0.39, 0.29) is 12.3 Å². The molecule has 6 nitrogen and oxygen atoms in total. The van der Waals surface area contributed by atoms with Gasteiger partial charge in [0.05, 0.1) is 31.3 Å². The molecule has 2 heterocycles. The maximum absolute atomic E-state index is 11.2. The summed E-state index contributed by atoms with van der Waals surface area (Å²) < 4.78 is 13.8. The highest BCUT2D eigenvalue weighted by atomic mass is 16.5. The number of aromatic nitrogens is 2. The standard InChI is InChI=1S/C27H26N2O4/c1-18-11-20(12-22-15-28-29(27(18)22)16-19-5-3-2-4-6-19)17-33-23-7-8-25-24(14-23)21(9-10-32-25)13-26(30)31/h2-8,11-12,14-15,21H,9-10,13,16-17H2,1H3,(H,30,31). The molecule has 0 saturated carbocycles. The van der Waals surface area contributed by atoms with Crippen molar-refractivity contribution in [3.05, 3.63) is 89.1 Å². The summed E-state index contributed by atoms with van der Waals surface area (Å²) in [6, 6.07) is 20.2. The first kappa shape index (κ1) is 21.1. The highest BCUT2D eigenvalue weighted by Crippen LogP contribution is 2.38. The zero-order valence-electron chi connectivity index (χ0n) is 18.5. The fourth-order valence-corrected chi connectivity index (χ4v) is 4.61. The van der Waals surface area contributed by atoms with E-state index in [1.165, 1.54) is 5.56 Å². The number of fused-ring (bicyclic) bond motifs is 2. The van der Waals surface area contributed by atoms with Crippen molar-refractivity contribution in [2.24, 2.45) is 0 Å². The summed E-state index contributed by atoms with van der Waals surface area (Å²) >= 11 is 0. The molecular formula is C27H26N2O4. The van der Waals surface area contributed by atoms with Gasteiger partial charge in [-0.25, -0.2) is 0 Å². The molecule has 1 atom stereocenters. The molecule has 0 bridgehead atoms. The van der Waals surface area contributed by atoms with Crippen LogP contribution in [0.3, 0.4) is 0 Å². The molecule has 1 aliphatic heterocycles. The van der Waals surface area contributed by atoms with Crippen molar-refractivity contribution in [2.45, 2.75) is 38.8 Å². The predicted molar refractivity (Wildman–Crippen MR) is 126 cm³/mol. The van der Waals surface area contributed by atoms with Crippen molar-refractivity contribution in [1.29, 1.82) is 0 Å². The van der Waals surface area contributed by atoms with E-state index in [9.17, 15) is 9.90 Å². The average Bonchev–Trinajstić information content (AvgIpc) is 3.21. The van der Waals surface area contributed by atoms with Crippen molar-refractivity contribution in [2.75, 3.05) is 6.61 Å². The van der Waals surface area contributed by atoms with Gasteiger partial charge in [-0.15, -0.1) is 0 Å². The van der Waals surface area contributed by atoms with Crippen LogP contribution in [-0.4, -0.2) is 27.5 Å². The summed E-state index contributed by atoms with van der Waals surface area (Å²) in [5.74, 6) is 0.620. The number of carboxylic acid groups (broad SMARTS) is 1. The molecule has 0 aliphatic carbocycles. The minimum absolute atomic E-state index is 0.0520. The molecule has 0 amide bonds. The van der Waals surface area contributed by atoms with E-state index in [1.54, 1.807) is 0 Å². The van der Waals surface area contributed by atoms with Crippen molar-refractivity contribution in [3.8, 4) is 11.5 Å². The van der Waals surface area contributed by atoms with E-state index in [1.807, 2.05) is 47.3 Å². The Hall–Kier alpha value is -3.80. The van der Waals surface area contributed by atoms with Crippen LogP contribution in [0.25, 0.3) is 10.9 Å². The second kappa shape index (κ2) is 8.98. The number of benzene rings is 3. The first-order valence-corrected chi connectivity index (χ1v) is 11.2. The number of aryl methyl sites for hydroxylation is 1. The average molecular weight is 443 g/mol. The van der Waals surface area contributed by atoms with Crippen molar-refractivity contribution < 1.29 is 19.4 Å². The normalized spacial score (nSPS) is 15.1. The Morgan fingerprint density at radius 2 is 2.00 bits per heavy atom. The Kier molecular flexibility index (Phi) is 5.73. The number of aliphatic carboxylic acids is 1. The molecule has 168 valence electrons. The molecule has 0 spiro atoms. The van der Waals surface area contributed by atoms with Gasteiger partial charge in [-0.1, -0.05) is 36.4 Å². The van der Waals surface area contributed by atoms with Gasteiger partial charge in [0.1, 0.15) is 18.1 Å². The fraction of sp³-hybridized carbons (Fsp3) is 0.259. The van der Waals surface area contributed by atoms with E-state index >= 15 is 0 Å². The number of carbonyl (C=O) groups is 1. The molecule has 1 N–H and O–H groups in total. The van der Waals surface area contributed by atoms with Gasteiger partial charge < -0.3 is 14.6 Å². The Labute approximate surface area is 192 Å². The Bertz CT molecular complexity index is 1300. The monoisotopic (exact) mass is 442 g/mol. The maximum atomic E-state index is 11.2. The van der Waals surface area contributed by atoms with Gasteiger partial charge in [-0.05, 0) is 54.3 Å². The minimum Gasteiger partial charge on any atom is -0.493 e. The molecule has 6 heteroatoms. The number of carboxylic acids is 1. The largest absolute Gasteiger partial charge is 0.493 e. The van der Waals surface area contributed by atoms with E-state index in [2.05, 4.69) is 36.3 Å². The van der Waals surface area contributed by atoms with Gasteiger partial charge >= 0.3 is 5.97 Å². The maximum Gasteiger partial charge on any atom is 0.303 e. The van der Waals surface area contributed by atoms with Crippen LogP contribution in [0.15, 0.2) is 66.9 Å². The lowest BCUT2D eigenvalue weighted by molar-refractivity contribution is -0.137. The molecule has 0 radical (unpaired) electrons. The zero-order valence-corrected chi connectivity index (χ0v) is 18.5. The minimum atomic E-state index is -0.796. The third kappa shape index (κ3) is 4.55. The molecule has 4 aromatic rings. The van der Waals surface area contributed by atoms with Gasteiger partial charge in [-0.2, -0.15) is 5.10 Å². The van der Waals surface area contributed by atoms with Crippen LogP contribution in [0, 0.1) is 6.92 Å². The molecule has 5 rings (SSSR count). The smallest absolute Gasteiger partial charge is 0.303 e. The molecule has 1 unspecified atom stereocenters. The topological polar surface area (TPSA) is 73.6 Å². The van der Waals surface area contributed by atoms with Crippen LogP contribution in [0.5, 0.6) is 11.5 Å². The fourth-order valence-electron chi connectivity index (χ4n) is 4.61. The van der Waals surface area contributed by atoms with Crippen molar-refractivity contribution >= 4 is 16.9 Å². The van der Waals surface area contributed by atoms with Gasteiger partial charge in [0.2, 0.25) is 0 Å². The summed E-state index contributed by atoms with van der Waals surface area (Å²) in [5, 5.41) is 14.9. The molecule has 1 aromatic heterocycles. The first-order valence-electron chi connectivity index (χ1n) is 11.2. The molecule has 3 aromatic carbocycles. The Morgan fingerprint density at radius 1 is 1.15 bits per heavy atom. The third-order valence-electron chi connectivity index (χ3n) is 6.13. The zero-order chi connectivity index (χ0) is 22.8. The van der Waals surface area contributed by atoms with Crippen LogP contribution in [0.1, 0.15) is 41.0 Å². The molecule has 0 fully saturated rings. The van der Waals surface area contributed by atoms with Gasteiger partial charge in [-0.3, -0.25) is 9.48 Å². The van der Waals surface area contributed by atoms with E-state index in [0.29, 0.717) is 25.4 Å². The number of rotatable bonds is 7. The summed E-state index contributed by atoms with van der Waals surface area (Å²) in [5.41, 5.74) is 5.47. The van der Waals surface area contributed by atoms with Crippen molar-refractivity contribution in [1.82, 2.24) is 9.78 Å². The first-order chi connectivity index (χ1) is 16.1. The highest BCUT2D eigenvalue weighted by molar-refractivity contribution is 5.82. The second-order valence-corrected chi connectivity index (χ2v) is 8.56. The van der Waals surface area contributed by atoms with Gasteiger partial charge in [0, 0.05) is 16.9 Å². The Balaban J connectivity index is 1.33. The highest BCUT2D eigenvalue weighted by Gasteiger charge is 2.24. The van der Waals surface area contributed by atoms with Crippen LogP contribution >= 0.6 is 0 Å². The van der Waals surface area contributed by atoms with Gasteiger partial charge in [0.15, 0.2) is 0 Å². The van der Waals surface area contributed by atoms with Crippen LogP contribution in [0.2, 0.25) is 0 Å². The number of ether oxygens (including phenoxy) is 2. The Morgan fingerprint density at radius 3 is 2.82 bits per heavy atom. The van der Waals surface area contributed by atoms with Gasteiger partial charge in [0.25, 0.3) is 0 Å². The number of hydrogen-bond acceptors (Lipinski definition) is 4. The molecule has 0 saturated heterocycles. The quantitative estimate of drug-likeness (QED) is 0.420. The van der Waals surface area contributed by atoms with E-state index in [0.717, 1.165) is 39.9 Å². The molecular weight excluding hydrogens is 416 g/mol. The number of hydrogen-bond donors (Lipinski definition) is 1. The van der Waals surface area contributed by atoms with Crippen LogP contribution < -0.4 is 9.47 Å². The van der Waals surface area contributed by atoms with Crippen LogP contribution in [-0.2, 0) is 17.9 Å². The van der Waals surface area contributed by atoms with Crippen molar-refractivity contribution in [3.63, 3.8) is 0 Å². The third-order valence-corrected chi connectivity index (χ3v) is 6.13. The SMILES string of the molecule is Cc1cc(COc2ccc3c(c2)C(CC(=O)O)CCO3)cc2cnn(Cc3ccccc3)c12. The molecule has 1 aliphatic rings. The summed E-state index contributed by atoms with van der Waals surface area (Å²) in [6.07, 6.45) is 2.70. The van der Waals surface area contributed by atoms with E-state index < -0.39 is 5.97 Å². The lowest BCUT2D eigenvalue weighted by atomic mass is 9.90. The van der Waals surface area contributed by atoms with Crippen LogP contribution in [0.4, 0.5) is 0 Å². The number of nitrogens with zero attached hydrogens (tertiary/aromatic N) is 2. The summed E-state index contributed by atoms with van der Waals surface area (Å²) in [6.45, 7) is 3.80. The predicted octanol–water partition coefficient (Wildman–Crippen LogP) is 5.31. The lowest BCUT2D eigenvalue weighted by Gasteiger charge is -2.25. The second-order valence-electron chi connectivity index (χ2n) is 8.56. The summed E-state index contributed by atoms with van der Waals surface area (Å²) in [7, 11) is 0. The van der Waals surface area contributed by atoms with E-state index in [4.69, 9.17) is 9.47 Å². The lowest BCUT2D eigenvalue weighted by Crippen LogP contribution is -2.17.